The summed E-state index contributed by atoms with van der Waals surface area (Å²) in [5.41, 5.74) is 0.408. The van der Waals surface area contributed by atoms with Gasteiger partial charge in [0.1, 0.15) is 22.8 Å². The molecule has 35 heavy (non-hydrogen) atoms. The van der Waals surface area contributed by atoms with Gasteiger partial charge in [0.05, 0.1) is 17.5 Å². The quantitative estimate of drug-likeness (QED) is 0.287. The SMILES string of the molecule is CN[C@@H]1C(O)=C(C(=O)NC(C)=O)C(O)(O)C2C(O)=C3C(=O)c4c(O)ccc(N(C)C)c4CC3CC21. The number of nitrogens with zero attached hydrogens (tertiary/aromatic N) is 1. The van der Waals surface area contributed by atoms with Gasteiger partial charge in [-0.3, -0.25) is 19.7 Å². The number of ketones is 1. The Bertz CT molecular complexity index is 1200. The molecular formula is C24H29N3O8. The van der Waals surface area contributed by atoms with Crippen molar-refractivity contribution >= 4 is 23.3 Å². The summed E-state index contributed by atoms with van der Waals surface area (Å²) in [6.45, 7) is 1.05. The number of imide groups is 1. The molecule has 7 N–H and O–H groups in total. The van der Waals surface area contributed by atoms with Gasteiger partial charge in [0.15, 0.2) is 5.78 Å². The van der Waals surface area contributed by atoms with Crippen LogP contribution < -0.4 is 15.5 Å². The monoisotopic (exact) mass is 487 g/mol. The highest BCUT2D eigenvalue weighted by Gasteiger charge is 2.60. The van der Waals surface area contributed by atoms with Crippen molar-refractivity contribution in [2.24, 2.45) is 17.8 Å². The van der Waals surface area contributed by atoms with Crippen molar-refractivity contribution in [3.8, 4) is 5.75 Å². The second-order valence-electron chi connectivity index (χ2n) is 9.52. The lowest BCUT2D eigenvalue weighted by atomic mass is 9.59. The van der Waals surface area contributed by atoms with Gasteiger partial charge in [-0.2, -0.15) is 0 Å². The summed E-state index contributed by atoms with van der Waals surface area (Å²) < 4.78 is 0. The molecule has 1 aromatic rings. The highest BCUT2D eigenvalue weighted by molar-refractivity contribution is 6.14. The number of aliphatic hydroxyl groups is 4. The van der Waals surface area contributed by atoms with Crippen LogP contribution in [0.5, 0.6) is 5.75 Å². The first-order valence-corrected chi connectivity index (χ1v) is 11.2. The van der Waals surface area contributed by atoms with E-state index in [-0.39, 0.29) is 29.7 Å². The number of likely N-dealkylation sites (N-methyl/N-ethyl adjacent to an activating group) is 1. The Morgan fingerprint density at radius 1 is 1.11 bits per heavy atom. The number of carbonyl (C=O) groups is 3. The van der Waals surface area contributed by atoms with Crippen molar-refractivity contribution in [3.63, 3.8) is 0 Å². The Hall–Kier alpha value is -3.41. The van der Waals surface area contributed by atoms with E-state index in [1.165, 1.54) is 13.1 Å². The summed E-state index contributed by atoms with van der Waals surface area (Å²) in [5, 5.41) is 59.6. The summed E-state index contributed by atoms with van der Waals surface area (Å²) in [6, 6.07) is 2.11. The summed E-state index contributed by atoms with van der Waals surface area (Å²) in [5.74, 6) is -10.2. The minimum atomic E-state index is -3.09. The van der Waals surface area contributed by atoms with Gasteiger partial charge >= 0.3 is 0 Å². The Kier molecular flexibility index (Phi) is 5.90. The van der Waals surface area contributed by atoms with Gasteiger partial charge in [-0.25, -0.2) is 0 Å². The Labute approximate surface area is 201 Å². The normalized spacial score (nSPS) is 27.1. The number of fused-ring (bicyclic) bond motifs is 3. The molecule has 11 nitrogen and oxygen atoms in total. The van der Waals surface area contributed by atoms with Gasteiger partial charge in [0.2, 0.25) is 11.7 Å². The molecule has 0 saturated heterocycles. The molecule has 0 aliphatic heterocycles. The topological polar surface area (TPSA) is 180 Å². The van der Waals surface area contributed by atoms with Crippen LogP contribution in [0.2, 0.25) is 0 Å². The minimum absolute atomic E-state index is 0.0304. The number of aliphatic hydroxyl groups excluding tert-OH is 2. The maximum atomic E-state index is 13.6. The predicted octanol–water partition coefficient (Wildman–Crippen LogP) is 0.0187. The van der Waals surface area contributed by atoms with Crippen LogP contribution in [0.1, 0.15) is 29.3 Å². The number of phenols is 1. The van der Waals surface area contributed by atoms with Crippen LogP contribution >= 0.6 is 0 Å². The zero-order chi connectivity index (χ0) is 26.0. The van der Waals surface area contributed by atoms with Gasteiger partial charge in [-0.1, -0.05) is 0 Å². The molecule has 0 aromatic heterocycles. The van der Waals surface area contributed by atoms with Crippen molar-refractivity contribution in [1.82, 2.24) is 10.6 Å². The molecule has 3 aliphatic rings. The summed E-state index contributed by atoms with van der Waals surface area (Å²) in [4.78, 5) is 39.4. The van der Waals surface area contributed by atoms with Crippen LogP contribution in [0, 0.1) is 17.8 Å². The lowest BCUT2D eigenvalue weighted by Crippen LogP contribution is -2.61. The van der Waals surface area contributed by atoms with Crippen LogP contribution in [-0.4, -0.2) is 76.1 Å². The molecule has 188 valence electrons. The molecule has 0 bridgehead atoms. The van der Waals surface area contributed by atoms with E-state index in [4.69, 9.17) is 0 Å². The number of hydrogen-bond acceptors (Lipinski definition) is 10. The van der Waals surface area contributed by atoms with Crippen LogP contribution in [0.3, 0.4) is 0 Å². The fraction of sp³-hybridized carbons (Fsp3) is 0.458. The molecule has 3 unspecified atom stereocenters. The van der Waals surface area contributed by atoms with Crippen LogP contribution in [0.25, 0.3) is 0 Å². The molecule has 2 amide bonds. The first-order valence-electron chi connectivity index (χ1n) is 11.2. The Morgan fingerprint density at radius 2 is 1.77 bits per heavy atom. The summed E-state index contributed by atoms with van der Waals surface area (Å²) >= 11 is 0. The second kappa shape index (κ2) is 8.36. The first kappa shape index (κ1) is 24.7. The maximum absolute atomic E-state index is 13.6. The van der Waals surface area contributed by atoms with E-state index in [0.29, 0.717) is 5.56 Å². The van der Waals surface area contributed by atoms with Crippen LogP contribution in [-0.2, 0) is 16.0 Å². The average molecular weight is 488 g/mol. The van der Waals surface area contributed by atoms with Crippen molar-refractivity contribution in [2.75, 3.05) is 26.0 Å². The predicted molar refractivity (Wildman–Crippen MR) is 124 cm³/mol. The van der Waals surface area contributed by atoms with E-state index in [1.54, 1.807) is 20.2 Å². The Balaban J connectivity index is 1.90. The zero-order valence-electron chi connectivity index (χ0n) is 19.8. The van der Waals surface area contributed by atoms with Crippen molar-refractivity contribution in [3.05, 3.63) is 45.9 Å². The number of Topliss-reactive ketones (excluding diaryl/α,β-unsaturated/α-hetero) is 1. The van der Waals surface area contributed by atoms with E-state index in [9.17, 15) is 39.9 Å². The summed E-state index contributed by atoms with van der Waals surface area (Å²) in [7, 11) is 5.11. The third kappa shape index (κ3) is 3.58. The number of hydrogen-bond donors (Lipinski definition) is 7. The van der Waals surface area contributed by atoms with E-state index in [0.717, 1.165) is 12.6 Å². The average Bonchev–Trinajstić information content (AvgIpc) is 2.72. The number of nitrogens with one attached hydrogen (secondary N) is 2. The lowest BCUT2D eigenvalue weighted by Gasteiger charge is -2.49. The lowest BCUT2D eigenvalue weighted by molar-refractivity contribution is -0.197. The number of rotatable bonds is 3. The van der Waals surface area contributed by atoms with Crippen LogP contribution in [0.4, 0.5) is 5.69 Å². The molecule has 0 spiro atoms. The number of benzene rings is 1. The maximum Gasteiger partial charge on any atom is 0.262 e. The molecule has 4 rings (SSSR count). The molecule has 11 heteroatoms. The molecule has 0 saturated carbocycles. The van der Waals surface area contributed by atoms with Crippen molar-refractivity contribution in [1.29, 1.82) is 0 Å². The molecule has 0 fully saturated rings. The van der Waals surface area contributed by atoms with E-state index >= 15 is 0 Å². The molecule has 3 aliphatic carbocycles. The standard InChI is InChI=1S/C24H29N3O8/c1-9(28)26-23(33)18-22(32)19(25-2)12-8-10-7-11-13(27(3)4)5-6-14(29)16(11)20(30)15(10)21(31)17(12)24(18,34)35/h5-6,10,12,17,19,25,29,31-32,34-35H,7-8H2,1-4H3,(H,26,28,33)/t10?,12?,17?,19-/m0/s1. The highest BCUT2D eigenvalue weighted by atomic mass is 16.5. The van der Waals surface area contributed by atoms with Gasteiger partial charge in [-0.15, -0.1) is 0 Å². The number of carbonyl (C=O) groups excluding carboxylic acids is 3. The summed E-state index contributed by atoms with van der Waals surface area (Å²) in [6.07, 6.45) is 0.450. The second-order valence-corrected chi connectivity index (χ2v) is 9.52. The van der Waals surface area contributed by atoms with Gasteiger partial charge in [0, 0.05) is 32.3 Å². The minimum Gasteiger partial charge on any atom is -0.511 e. The van der Waals surface area contributed by atoms with E-state index in [1.807, 2.05) is 10.2 Å². The van der Waals surface area contributed by atoms with Gasteiger partial charge < -0.3 is 35.7 Å². The number of phenolic OH excluding ortho intramolecular Hbond substituents is 1. The number of amides is 2. The number of allylic oxidation sites excluding steroid dienone is 1. The third-order valence-corrected chi connectivity index (χ3v) is 7.24. The Morgan fingerprint density at radius 3 is 2.34 bits per heavy atom. The van der Waals surface area contributed by atoms with Crippen molar-refractivity contribution in [2.45, 2.75) is 31.6 Å². The third-order valence-electron chi connectivity index (χ3n) is 7.24. The fourth-order valence-electron chi connectivity index (χ4n) is 5.91. The molecule has 4 atom stereocenters. The molecule has 0 radical (unpaired) electrons. The molecule has 0 heterocycles. The first-order chi connectivity index (χ1) is 16.3. The fourth-order valence-corrected chi connectivity index (χ4v) is 5.91. The van der Waals surface area contributed by atoms with E-state index < -0.39 is 64.3 Å². The number of aromatic hydroxyl groups is 1. The zero-order valence-corrected chi connectivity index (χ0v) is 19.8. The number of anilines is 1. The smallest absolute Gasteiger partial charge is 0.262 e. The van der Waals surface area contributed by atoms with Gasteiger partial charge in [-0.05, 0) is 49.4 Å². The highest BCUT2D eigenvalue weighted by Crippen LogP contribution is 2.53. The van der Waals surface area contributed by atoms with Crippen LogP contribution in [0.15, 0.2) is 34.8 Å². The van der Waals surface area contributed by atoms with Gasteiger partial charge in [0.25, 0.3) is 5.91 Å². The van der Waals surface area contributed by atoms with E-state index in [2.05, 4.69) is 5.32 Å². The molecular weight excluding hydrogens is 458 g/mol. The largest absolute Gasteiger partial charge is 0.511 e. The van der Waals surface area contributed by atoms with Crippen molar-refractivity contribution < 1.29 is 39.9 Å². The molecule has 1 aromatic carbocycles.